The Balaban J connectivity index is 1.87. The molecular formula is C14H20O8. The zero-order chi connectivity index (χ0) is 16.3. The Morgan fingerprint density at radius 3 is 2.36 bits per heavy atom. The fourth-order valence-electron chi connectivity index (χ4n) is 2.27. The molecule has 2 rings (SSSR count). The smallest absolute Gasteiger partial charge is 0.186 e. The van der Waals surface area contributed by atoms with Crippen molar-refractivity contribution in [2.45, 2.75) is 42.7 Å². The van der Waals surface area contributed by atoms with Gasteiger partial charge in [0.15, 0.2) is 12.1 Å². The van der Waals surface area contributed by atoms with Gasteiger partial charge in [-0.2, -0.15) is 0 Å². The summed E-state index contributed by atoms with van der Waals surface area (Å²) in [4.78, 5) is 11.0. The Labute approximate surface area is 126 Å². The van der Waals surface area contributed by atoms with Gasteiger partial charge in [-0.25, -0.2) is 0 Å². The standard InChI is InChI=1S/C14H20O8/c15-7-9-10(17)11(18)12(19)13(22-9)21-6-5-14(20)3-1-8(16)2-4-14/h1-4,9-13,15,17-20H,5-7H2/t9-,10-,11+,12-,13-/m1/s1/i6+1. The van der Waals surface area contributed by atoms with Crippen molar-refractivity contribution in [2.24, 2.45) is 0 Å². The summed E-state index contributed by atoms with van der Waals surface area (Å²) in [6.07, 6.45) is -1.45. The van der Waals surface area contributed by atoms with Crippen molar-refractivity contribution < 1.29 is 39.8 Å². The minimum atomic E-state index is -1.51. The second-order valence-electron chi connectivity index (χ2n) is 5.38. The molecule has 2 aliphatic rings. The number of ether oxygens (including phenoxy) is 2. The highest BCUT2D eigenvalue weighted by Gasteiger charge is 2.44. The van der Waals surface area contributed by atoms with Crippen LogP contribution in [0.5, 0.6) is 0 Å². The number of aliphatic hydroxyl groups is 5. The normalized spacial score (nSPS) is 37.5. The Morgan fingerprint density at radius 2 is 1.77 bits per heavy atom. The van der Waals surface area contributed by atoms with Gasteiger partial charge in [-0.1, -0.05) is 0 Å². The Hall–Kier alpha value is -1.13. The Morgan fingerprint density at radius 1 is 1.14 bits per heavy atom. The molecule has 1 heterocycles. The van der Waals surface area contributed by atoms with Crippen LogP contribution in [0.15, 0.2) is 24.3 Å². The van der Waals surface area contributed by atoms with Gasteiger partial charge >= 0.3 is 0 Å². The highest BCUT2D eigenvalue weighted by molar-refractivity contribution is 6.00. The molecule has 0 unspecified atom stereocenters. The molecule has 0 aromatic carbocycles. The largest absolute Gasteiger partial charge is 0.394 e. The van der Waals surface area contributed by atoms with Crippen LogP contribution in [0, 0.1) is 0 Å². The molecule has 0 aromatic heterocycles. The fraction of sp³-hybridized carbons (Fsp3) is 0.643. The summed E-state index contributed by atoms with van der Waals surface area (Å²) >= 11 is 0. The lowest BCUT2D eigenvalue weighted by molar-refractivity contribution is -0.301. The second kappa shape index (κ2) is 6.97. The van der Waals surface area contributed by atoms with E-state index in [2.05, 4.69) is 0 Å². The van der Waals surface area contributed by atoms with Crippen LogP contribution in [-0.4, -0.2) is 80.8 Å². The number of aliphatic hydroxyl groups excluding tert-OH is 4. The van der Waals surface area contributed by atoms with Crippen LogP contribution in [0.3, 0.4) is 0 Å². The van der Waals surface area contributed by atoms with Crippen LogP contribution in [0.4, 0.5) is 0 Å². The third-order valence-corrected chi connectivity index (χ3v) is 3.71. The summed E-state index contributed by atoms with van der Waals surface area (Å²) in [6, 6.07) is 0. The molecule has 1 aliphatic heterocycles. The topological polar surface area (TPSA) is 137 Å². The molecule has 0 radical (unpaired) electrons. The zero-order valence-corrected chi connectivity index (χ0v) is 11.8. The first-order valence-electron chi connectivity index (χ1n) is 6.93. The summed E-state index contributed by atoms with van der Waals surface area (Å²) in [5.74, 6) is -0.223. The minimum Gasteiger partial charge on any atom is -0.394 e. The van der Waals surface area contributed by atoms with Crippen LogP contribution >= 0.6 is 0 Å². The van der Waals surface area contributed by atoms with Gasteiger partial charge in [-0.3, -0.25) is 4.79 Å². The lowest BCUT2D eigenvalue weighted by Crippen LogP contribution is -2.59. The average Bonchev–Trinajstić information content (AvgIpc) is 2.50. The summed E-state index contributed by atoms with van der Waals surface area (Å²) < 4.78 is 10.4. The molecule has 0 spiro atoms. The molecule has 8 nitrogen and oxygen atoms in total. The van der Waals surface area contributed by atoms with Crippen molar-refractivity contribution in [2.75, 3.05) is 13.2 Å². The molecule has 1 fully saturated rings. The van der Waals surface area contributed by atoms with Crippen molar-refractivity contribution in [1.82, 2.24) is 0 Å². The van der Waals surface area contributed by atoms with Crippen LogP contribution in [0.25, 0.3) is 0 Å². The van der Waals surface area contributed by atoms with Crippen molar-refractivity contribution in [3.63, 3.8) is 0 Å². The molecule has 124 valence electrons. The maximum absolute atomic E-state index is 11.0. The molecule has 0 saturated carbocycles. The number of hydrogen-bond donors (Lipinski definition) is 5. The molecule has 1 aliphatic carbocycles. The van der Waals surface area contributed by atoms with Gasteiger partial charge in [0.1, 0.15) is 30.0 Å². The number of allylic oxidation sites excluding steroid dienone is 2. The van der Waals surface area contributed by atoms with E-state index in [1.54, 1.807) is 0 Å². The first kappa shape index (κ1) is 17.2. The average molecular weight is 317 g/mol. The van der Waals surface area contributed by atoms with Crippen molar-refractivity contribution in [1.29, 1.82) is 0 Å². The van der Waals surface area contributed by atoms with Gasteiger partial charge < -0.3 is 35.0 Å². The molecular weight excluding hydrogens is 297 g/mol. The minimum absolute atomic E-state index is 0.0396. The first-order chi connectivity index (χ1) is 10.4. The predicted octanol–water partition coefficient (Wildman–Crippen LogP) is -2.38. The van der Waals surface area contributed by atoms with Gasteiger partial charge in [-0.05, 0) is 24.3 Å². The molecule has 5 N–H and O–H groups in total. The van der Waals surface area contributed by atoms with Gasteiger partial charge in [0, 0.05) is 6.42 Å². The fourth-order valence-corrected chi connectivity index (χ4v) is 2.27. The predicted molar refractivity (Wildman–Crippen MR) is 72.6 cm³/mol. The Bertz CT molecular complexity index is 442. The number of carbonyl (C=O) groups excluding carboxylic acids is 1. The monoisotopic (exact) mass is 317 g/mol. The van der Waals surface area contributed by atoms with Crippen LogP contribution in [0.1, 0.15) is 6.42 Å². The van der Waals surface area contributed by atoms with Crippen LogP contribution < -0.4 is 0 Å². The molecule has 0 bridgehead atoms. The third-order valence-electron chi connectivity index (χ3n) is 3.71. The van der Waals surface area contributed by atoms with E-state index in [0.29, 0.717) is 0 Å². The highest BCUT2D eigenvalue weighted by Crippen LogP contribution is 2.23. The Kier molecular flexibility index (Phi) is 5.45. The number of hydrogen-bond acceptors (Lipinski definition) is 8. The summed E-state index contributed by atoms with van der Waals surface area (Å²) in [6.45, 7) is -0.579. The van der Waals surface area contributed by atoms with Crippen molar-refractivity contribution in [3.05, 3.63) is 24.3 Å². The SMILES string of the molecule is O=C1C=CC(O)(C[13CH2]O[C@@H]2O[C@H](CO)[C@@H](O)[C@H](O)[C@H]2O)C=C1. The molecule has 8 heteroatoms. The quantitative estimate of drug-likeness (QED) is 0.355. The number of ketones is 1. The first-order valence-corrected chi connectivity index (χ1v) is 6.93. The van der Waals surface area contributed by atoms with Crippen molar-refractivity contribution >= 4 is 5.78 Å². The molecule has 1 saturated heterocycles. The third kappa shape index (κ3) is 3.79. The molecule has 5 atom stereocenters. The zero-order valence-electron chi connectivity index (χ0n) is 11.8. The summed E-state index contributed by atoms with van der Waals surface area (Å²) in [7, 11) is 0. The molecule has 22 heavy (non-hydrogen) atoms. The maximum Gasteiger partial charge on any atom is 0.186 e. The van der Waals surface area contributed by atoms with E-state index >= 15 is 0 Å². The van der Waals surface area contributed by atoms with Crippen molar-refractivity contribution in [3.8, 4) is 0 Å². The number of carbonyl (C=O) groups is 1. The molecule has 0 amide bonds. The van der Waals surface area contributed by atoms with E-state index in [-0.39, 0.29) is 18.8 Å². The molecule has 0 aromatic rings. The van der Waals surface area contributed by atoms with E-state index in [4.69, 9.17) is 14.6 Å². The lowest BCUT2D eigenvalue weighted by atomic mass is 9.97. The van der Waals surface area contributed by atoms with Crippen LogP contribution in [0.2, 0.25) is 0 Å². The number of rotatable bonds is 5. The van der Waals surface area contributed by atoms with E-state index in [9.17, 15) is 25.2 Å². The highest BCUT2D eigenvalue weighted by atomic mass is 16.7. The van der Waals surface area contributed by atoms with Gasteiger partial charge in [0.25, 0.3) is 0 Å². The lowest BCUT2D eigenvalue weighted by Gasteiger charge is -2.39. The van der Waals surface area contributed by atoms with E-state index in [1.807, 2.05) is 0 Å². The van der Waals surface area contributed by atoms with Crippen LogP contribution in [-0.2, 0) is 14.3 Å². The van der Waals surface area contributed by atoms with E-state index in [1.165, 1.54) is 24.3 Å². The van der Waals surface area contributed by atoms with Gasteiger partial charge in [0.05, 0.1) is 13.2 Å². The van der Waals surface area contributed by atoms with E-state index < -0.39 is 42.9 Å². The van der Waals surface area contributed by atoms with E-state index in [0.717, 1.165) is 0 Å². The van der Waals surface area contributed by atoms with Gasteiger partial charge in [0.2, 0.25) is 0 Å². The van der Waals surface area contributed by atoms with Gasteiger partial charge in [-0.15, -0.1) is 0 Å². The maximum atomic E-state index is 11.0. The summed E-state index contributed by atoms with van der Waals surface area (Å²) in [5.41, 5.74) is -1.33. The summed E-state index contributed by atoms with van der Waals surface area (Å²) in [5, 5.41) is 48.2. The second-order valence-corrected chi connectivity index (χ2v) is 5.38.